The highest BCUT2D eigenvalue weighted by Gasteiger charge is 2.30. The number of alkyl halides is 3. The van der Waals surface area contributed by atoms with E-state index in [0.717, 1.165) is 12.1 Å². The monoisotopic (exact) mass is 335 g/mol. The van der Waals surface area contributed by atoms with E-state index in [1.807, 2.05) is 0 Å². The van der Waals surface area contributed by atoms with Gasteiger partial charge < -0.3 is 0 Å². The zero-order chi connectivity index (χ0) is 16.6. The first-order valence-electron chi connectivity index (χ1n) is 6.61. The number of aldehydes is 1. The number of allylic oxidation sites excluding steroid dienone is 1. The number of aliphatic imine (C=N–C) groups is 1. The number of rotatable bonds is 2. The van der Waals surface area contributed by atoms with Gasteiger partial charge in [0.25, 0.3) is 0 Å². The minimum absolute atomic E-state index is 0.166. The molecule has 116 valence electrons. The fourth-order valence-electron chi connectivity index (χ4n) is 2.37. The van der Waals surface area contributed by atoms with Gasteiger partial charge in [0, 0.05) is 16.2 Å². The summed E-state index contributed by atoms with van der Waals surface area (Å²) < 4.78 is 38.4. The first-order valence-corrected chi connectivity index (χ1v) is 6.99. The van der Waals surface area contributed by atoms with Crippen molar-refractivity contribution in [1.82, 2.24) is 0 Å². The van der Waals surface area contributed by atoms with Crippen LogP contribution in [0, 0.1) is 0 Å². The standard InChI is InChI=1S/C17H9ClF3NO/c18-12-4-5-13-14(16(9-23)22-15(13)8-12)7-10-2-1-3-11(6-10)17(19,20)21/h1-9H/b14-7+. The Balaban J connectivity index is 2.10. The van der Waals surface area contributed by atoms with Crippen molar-refractivity contribution in [3.8, 4) is 0 Å². The Labute approximate surface area is 134 Å². The summed E-state index contributed by atoms with van der Waals surface area (Å²) in [6, 6.07) is 9.83. The summed E-state index contributed by atoms with van der Waals surface area (Å²) >= 11 is 5.89. The Morgan fingerprint density at radius 3 is 2.57 bits per heavy atom. The van der Waals surface area contributed by atoms with Crippen LogP contribution in [0.25, 0.3) is 11.6 Å². The Morgan fingerprint density at radius 2 is 1.87 bits per heavy atom. The number of nitrogens with zero attached hydrogens (tertiary/aromatic N) is 1. The van der Waals surface area contributed by atoms with Crippen molar-refractivity contribution in [2.45, 2.75) is 6.18 Å². The molecule has 0 bridgehead atoms. The molecule has 0 atom stereocenters. The number of hydrogen-bond donors (Lipinski definition) is 0. The van der Waals surface area contributed by atoms with Crippen molar-refractivity contribution in [1.29, 1.82) is 0 Å². The largest absolute Gasteiger partial charge is 0.416 e. The molecule has 1 heterocycles. The van der Waals surface area contributed by atoms with Gasteiger partial charge in [-0.1, -0.05) is 29.8 Å². The van der Waals surface area contributed by atoms with Crippen molar-refractivity contribution < 1.29 is 18.0 Å². The van der Waals surface area contributed by atoms with Gasteiger partial charge in [0.1, 0.15) is 5.71 Å². The van der Waals surface area contributed by atoms with E-state index in [2.05, 4.69) is 4.99 Å². The third-order valence-electron chi connectivity index (χ3n) is 3.40. The molecule has 3 rings (SSSR count). The van der Waals surface area contributed by atoms with Gasteiger partial charge in [0.2, 0.25) is 0 Å². The Kier molecular flexibility index (Phi) is 3.82. The number of hydrogen-bond acceptors (Lipinski definition) is 2. The zero-order valence-electron chi connectivity index (χ0n) is 11.6. The summed E-state index contributed by atoms with van der Waals surface area (Å²) in [5.74, 6) is 0. The van der Waals surface area contributed by atoms with E-state index in [1.165, 1.54) is 12.1 Å². The van der Waals surface area contributed by atoms with Crippen LogP contribution < -0.4 is 0 Å². The Morgan fingerprint density at radius 1 is 1.09 bits per heavy atom. The van der Waals surface area contributed by atoms with Crippen LogP contribution in [0.15, 0.2) is 47.5 Å². The van der Waals surface area contributed by atoms with Gasteiger partial charge in [-0.05, 0) is 35.9 Å². The topological polar surface area (TPSA) is 29.4 Å². The van der Waals surface area contributed by atoms with Crippen molar-refractivity contribution in [2.75, 3.05) is 0 Å². The van der Waals surface area contributed by atoms with Crippen LogP contribution in [0.2, 0.25) is 5.02 Å². The van der Waals surface area contributed by atoms with Gasteiger partial charge in [-0.3, -0.25) is 4.79 Å². The zero-order valence-corrected chi connectivity index (χ0v) is 12.3. The van der Waals surface area contributed by atoms with E-state index in [9.17, 15) is 18.0 Å². The quantitative estimate of drug-likeness (QED) is 0.695. The molecule has 0 amide bonds. The smallest absolute Gasteiger partial charge is 0.296 e. The predicted octanol–water partition coefficient (Wildman–Crippen LogP) is 5.18. The molecule has 23 heavy (non-hydrogen) atoms. The molecule has 0 saturated carbocycles. The normalized spacial score (nSPS) is 15.5. The highest BCUT2D eigenvalue weighted by Crippen LogP contribution is 2.37. The molecule has 0 saturated heterocycles. The lowest BCUT2D eigenvalue weighted by Gasteiger charge is -2.07. The second-order valence-corrected chi connectivity index (χ2v) is 5.39. The Hall–Kier alpha value is -2.40. The first-order chi connectivity index (χ1) is 10.9. The summed E-state index contributed by atoms with van der Waals surface area (Å²) in [7, 11) is 0. The van der Waals surface area contributed by atoms with Gasteiger partial charge in [0.15, 0.2) is 6.29 Å². The van der Waals surface area contributed by atoms with Crippen molar-refractivity contribution >= 4 is 40.9 Å². The molecule has 6 heteroatoms. The van der Waals surface area contributed by atoms with E-state index in [4.69, 9.17) is 11.6 Å². The highest BCUT2D eigenvalue weighted by molar-refractivity contribution is 6.53. The average molecular weight is 336 g/mol. The van der Waals surface area contributed by atoms with E-state index in [0.29, 0.717) is 33.7 Å². The lowest BCUT2D eigenvalue weighted by molar-refractivity contribution is -0.137. The molecule has 0 fully saturated rings. The number of benzene rings is 2. The molecule has 0 spiro atoms. The number of halogens is 4. The molecule has 0 unspecified atom stereocenters. The first kappa shape index (κ1) is 15.5. The van der Waals surface area contributed by atoms with Crippen molar-refractivity contribution in [3.05, 3.63) is 64.2 Å². The lowest BCUT2D eigenvalue weighted by atomic mass is 9.99. The summed E-state index contributed by atoms with van der Waals surface area (Å²) in [6.07, 6.45) is -2.33. The van der Waals surface area contributed by atoms with Crippen molar-refractivity contribution in [2.24, 2.45) is 4.99 Å². The Bertz CT molecular complexity index is 853. The molecule has 0 radical (unpaired) electrons. The fourth-order valence-corrected chi connectivity index (χ4v) is 2.53. The van der Waals surface area contributed by atoms with Gasteiger partial charge in [-0.25, -0.2) is 4.99 Å². The number of carbonyl (C=O) groups is 1. The highest BCUT2D eigenvalue weighted by atomic mass is 35.5. The molecule has 0 aromatic heterocycles. The SMILES string of the molecule is O=CC1=Nc2cc(Cl)ccc2/C1=C\c1cccc(C(F)(F)F)c1. The van der Waals surface area contributed by atoms with E-state index < -0.39 is 11.7 Å². The van der Waals surface area contributed by atoms with Gasteiger partial charge >= 0.3 is 6.18 Å². The summed E-state index contributed by atoms with van der Waals surface area (Å²) in [6.45, 7) is 0. The van der Waals surface area contributed by atoms with Crippen molar-refractivity contribution in [3.63, 3.8) is 0 Å². The number of carbonyl (C=O) groups excluding carboxylic acids is 1. The summed E-state index contributed by atoms with van der Waals surface area (Å²) in [4.78, 5) is 15.4. The molecular weight excluding hydrogens is 327 g/mol. The predicted molar refractivity (Wildman–Crippen MR) is 83.9 cm³/mol. The second kappa shape index (κ2) is 5.66. The fraction of sp³-hybridized carbons (Fsp3) is 0.0588. The van der Waals surface area contributed by atoms with Crippen LogP contribution in [-0.2, 0) is 11.0 Å². The minimum Gasteiger partial charge on any atom is -0.296 e. The molecular formula is C17H9ClF3NO. The lowest BCUT2D eigenvalue weighted by Crippen LogP contribution is -2.04. The van der Waals surface area contributed by atoms with Crippen LogP contribution in [0.4, 0.5) is 18.9 Å². The second-order valence-electron chi connectivity index (χ2n) is 4.96. The van der Waals surface area contributed by atoms with Crippen LogP contribution in [0.1, 0.15) is 16.7 Å². The molecule has 2 aromatic rings. The summed E-state index contributed by atoms with van der Waals surface area (Å²) in [5, 5.41) is 0.470. The maximum Gasteiger partial charge on any atom is 0.416 e. The minimum atomic E-state index is -4.42. The summed E-state index contributed by atoms with van der Waals surface area (Å²) in [5.41, 5.74) is 1.43. The molecule has 2 aromatic carbocycles. The number of fused-ring (bicyclic) bond motifs is 1. The molecule has 0 N–H and O–H groups in total. The van der Waals surface area contributed by atoms with E-state index in [-0.39, 0.29) is 5.71 Å². The maximum atomic E-state index is 12.8. The van der Waals surface area contributed by atoms with Crippen LogP contribution >= 0.6 is 11.6 Å². The van der Waals surface area contributed by atoms with E-state index >= 15 is 0 Å². The molecule has 1 aliphatic rings. The third-order valence-corrected chi connectivity index (χ3v) is 3.64. The molecule has 1 aliphatic heterocycles. The molecule has 0 aliphatic carbocycles. The van der Waals surface area contributed by atoms with E-state index in [1.54, 1.807) is 24.3 Å². The van der Waals surface area contributed by atoms with Crippen LogP contribution in [-0.4, -0.2) is 12.0 Å². The molecule has 2 nitrogen and oxygen atoms in total. The van der Waals surface area contributed by atoms with Crippen LogP contribution in [0.3, 0.4) is 0 Å². The van der Waals surface area contributed by atoms with Crippen LogP contribution in [0.5, 0.6) is 0 Å². The maximum absolute atomic E-state index is 12.8. The van der Waals surface area contributed by atoms with Gasteiger partial charge in [-0.15, -0.1) is 0 Å². The van der Waals surface area contributed by atoms with Gasteiger partial charge in [0.05, 0.1) is 11.3 Å². The van der Waals surface area contributed by atoms with Gasteiger partial charge in [-0.2, -0.15) is 13.2 Å². The third kappa shape index (κ3) is 3.05. The average Bonchev–Trinajstić information content (AvgIpc) is 2.83.